The number of phenols is 1. The van der Waals surface area contributed by atoms with Crippen LogP contribution in [0.25, 0.3) is 0 Å². The van der Waals surface area contributed by atoms with E-state index in [1.165, 1.54) is 6.92 Å². The molecule has 0 unspecified atom stereocenters. The summed E-state index contributed by atoms with van der Waals surface area (Å²) in [5.41, 5.74) is 3.77. The van der Waals surface area contributed by atoms with Gasteiger partial charge in [0.05, 0.1) is 6.10 Å². The van der Waals surface area contributed by atoms with Crippen LogP contribution in [0.1, 0.15) is 42.0 Å². The fraction of sp³-hybridized carbons (Fsp3) is 0.350. The van der Waals surface area contributed by atoms with Gasteiger partial charge in [0.2, 0.25) is 0 Å². The summed E-state index contributed by atoms with van der Waals surface area (Å²) in [6.07, 6.45) is 3.34. The van der Waals surface area contributed by atoms with Gasteiger partial charge in [-0.25, -0.2) is 0 Å². The van der Waals surface area contributed by atoms with Gasteiger partial charge in [0.25, 0.3) is 0 Å². The number of rotatable bonds is 6. The molecular weight excluding hydrogens is 304 g/mol. The van der Waals surface area contributed by atoms with E-state index < -0.39 is 0 Å². The van der Waals surface area contributed by atoms with Crippen LogP contribution in [-0.2, 0) is 22.6 Å². The first kappa shape index (κ1) is 16.4. The zero-order valence-electron chi connectivity index (χ0n) is 14.0. The van der Waals surface area contributed by atoms with Crippen molar-refractivity contribution in [3.8, 4) is 11.5 Å². The summed E-state index contributed by atoms with van der Waals surface area (Å²) in [6.45, 7) is 3.51. The first-order chi connectivity index (χ1) is 11.5. The van der Waals surface area contributed by atoms with Crippen molar-refractivity contribution in [2.75, 3.05) is 0 Å². The molecule has 3 rings (SSSR count). The third kappa shape index (κ3) is 4.28. The summed E-state index contributed by atoms with van der Waals surface area (Å²) in [7, 11) is 0. The fourth-order valence-corrected chi connectivity index (χ4v) is 2.64. The highest BCUT2D eigenvalue weighted by Crippen LogP contribution is 2.29. The van der Waals surface area contributed by atoms with Crippen LogP contribution in [0, 0.1) is 6.92 Å². The minimum Gasteiger partial charge on any atom is -0.508 e. The minimum absolute atomic E-state index is 0.178. The summed E-state index contributed by atoms with van der Waals surface area (Å²) in [6, 6.07) is 11.6. The Kier molecular flexibility index (Phi) is 4.74. The van der Waals surface area contributed by atoms with Gasteiger partial charge >= 0.3 is 5.97 Å². The molecule has 1 fully saturated rings. The van der Waals surface area contributed by atoms with Crippen molar-refractivity contribution in [1.29, 1.82) is 0 Å². The molecule has 1 N–H and O–H groups in total. The van der Waals surface area contributed by atoms with E-state index in [0.29, 0.717) is 12.5 Å². The first-order valence-corrected chi connectivity index (χ1v) is 8.21. The van der Waals surface area contributed by atoms with Gasteiger partial charge in [0.15, 0.2) is 0 Å². The number of carbonyl (C=O) groups is 1. The highest BCUT2D eigenvalue weighted by Gasteiger charge is 2.23. The smallest absolute Gasteiger partial charge is 0.302 e. The van der Waals surface area contributed by atoms with Crippen molar-refractivity contribution in [2.45, 2.75) is 45.8 Å². The van der Waals surface area contributed by atoms with Crippen molar-refractivity contribution in [3.63, 3.8) is 0 Å². The fourth-order valence-electron chi connectivity index (χ4n) is 2.64. The standard InChI is InChI=1S/C20H22O4/c1-13-9-16(12-23-14(2)21)11-20(22)19(13)10-15-3-5-17(6-4-15)24-18-7-8-18/h3-6,9,11,18,22H,7-8,10,12H2,1-2H3. The van der Waals surface area contributed by atoms with Gasteiger partial charge in [-0.15, -0.1) is 0 Å². The Morgan fingerprint density at radius 3 is 2.46 bits per heavy atom. The Bertz CT molecular complexity index is 707. The Labute approximate surface area is 142 Å². The van der Waals surface area contributed by atoms with Crippen LogP contribution in [0.2, 0.25) is 0 Å². The van der Waals surface area contributed by atoms with E-state index in [0.717, 1.165) is 40.8 Å². The summed E-state index contributed by atoms with van der Waals surface area (Å²) in [5, 5.41) is 10.3. The maximum atomic E-state index is 10.9. The van der Waals surface area contributed by atoms with Crippen molar-refractivity contribution >= 4 is 5.97 Å². The maximum Gasteiger partial charge on any atom is 0.302 e. The molecule has 126 valence electrons. The lowest BCUT2D eigenvalue weighted by Gasteiger charge is -2.12. The molecule has 0 aliphatic heterocycles. The van der Waals surface area contributed by atoms with E-state index in [4.69, 9.17) is 9.47 Å². The van der Waals surface area contributed by atoms with Gasteiger partial charge in [0.1, 0.15) is 18.1 Å². The normalized spacial score (nSPS) is 13.6. The van der Waals surface area contributed by atoms with Crippen molar-refractivity contribution in [3.05, 3.63) is 58.7 Å². The van der Waals surface area contributed by atoms with E-state index in [1.807, 2.05) is 37.3 Å². The highest BCUT2D eigenvalue weighted by molar-refractivity contribution is 5.66. The van der Waals surface area contributed by atoms with Gasteiger partial charge in [-0.05, 0) is 54.7 Å². The molecule has 1 aliphatic rings. The zero-order valence-corrected chi connectivity index (χ0v) is 14.0. The number of hydrogen-bond donors (Lipinski definition) is 1. The molecule has 1 saturated carbocycles. The van der Waals surface area contributed by atoms with Crippen LogP contribution >= 0.6 is 0 Å². The van der Waals surface area contributed by atoms with Crippen molar-refractivity contribution < 1.29 is 19.4 Å². The van der Waals surface area contributed by atoms with Crippen LogP contribution in [-0.4, -0.2) is 17.2 Å². The van der Waals surface area contributed by atoms with E-state index in [1.54, 1.807) is 6.07 Å². The van der Waals surface area contributed by atoms with Crippen LogP contribution in [0.5, 0.6) is 11.5 Å². The molecule has 2 aromatic carbocycles. The molecule has 4 nitrogen and oxygen atoms in total. The molecule has 0 saturated heterocycles. The average molecular weight is 326 g/mol. The van der Waals surface area contributed by atoms with Crippen LogP contribution in [0.3, 0.4) is 0 Å². The third-order valence-electron chi connectivity index (χ3n) is 4.08. The van der Waals surface area contributed by atoms with E-state index in [9.17, 15) is 9.90 Å². The van der Waals surface area contributed by atoms with Gasteiger partial charge in [-0.2, -0.15) is 0 Å². The number of carbonyl (C=O) groups excluding carboxylic acids is 1. The molecule has 0 atom stereocenters. The number of benzene rings is 2. The second-order valence-corrected chi connectivity index (χ2v) is 6.33. The minimum atomic E-state index is -0.329. The monoisotopic (exact) mass is 326 g/mol. The summed E-state index contributed by atoms with van der Waals surface area (Å²) >= 11 is 0. The zero-order chi connectivity index (χ0) is 17.1. The Hall–Kier alpha value is -2.49. The highest BCUT2D eigenvalue weighted by atomic mass is 16.5. The molecule has 0 aromatic heterocycles. The lowest BCUT2D eigenvalue weighted by molar-refractivity contribution is -0.142. The molecule has 2 aromatic rings. The topological polar surface area (TPSA) is 55.8 Å². The maximum absolute atomic E-state index is 10.9. The molecule has 0 spiro atoms. The Morgan fingerprint density at radius 1 is 1.17 bits per heavy atom. The average Bonchev–Trinajstić information content (AvgIpc) is 3.34. The summed E-state index contributed by atoms with van der Waals surface area (Å²) < 4.78 is 10.7. The molecule has 4 heteroatoms. The third-order valence-corrected chi connectivity index (χ3v) is 4.08. The second kappa shape index (κ2) is 6.95. The van der Waals surface area contributed by atoms with Crippen molar-refractivity contribution in [2.24, 2.45) is 0 Å². The number of aryl methyl sites for hydroxylation is 1. The van der Waals surface area contributed by atoms with Crippen LogP contribution < -0.4 is 4.74 Å². The van der Waals surface area contributed by atoms with Gasteiger partial charge in [0, 0.05) is 18.9 Å². The quantitative estimate of drug-likeness (QED) is 0.818. The molecular formula is C20H22O4. The predicted octanol–water partition coefficient (Wildman–Crippen LogP) is 3.90. The van der Waals surface area contributed by atoms with Crippen molar-refractivity contribution in [1.82, 2.24) is 0 Å². The summed E-state index contributed by atoms with van der Waals surface area (Å²) in [5.74, 6) is 0.805. The number of hydrogen-bond acceptors (Lipinski definition) is 4. The molecule has 24 heavy (non-hydrogen) atoms. The number of aromatic hydroxyl groups is 1. The molecule has 0 bridgehead atoms. The van der Waals surface area contributed by atoms with E-state index >= 15 is 0 Å². The molecule has 0 amide bonds. The lowest BCUT2D eigenvalue weighted by Crippen LogP contribution is -2.01. The van der Waals surface area contributed by atoms with Gasteiger partial charge in [-0.3, -0.25) is 4.79 Å². The van der Waals surface area contributed by atoms with Crippen LogP contribution in [0.15, 0.2) is 36.4 Å². The number of ether oxygens (including phenoxy) is 2. The van der Waals surface area contributed by atoms with E-state index in [-0.39, 0.29) is 18.3 Å². The number of phenolic OH excluding ortho intramolecular Hbond substituents is 1. The molecule has 0 radical (unpaired) electrons. The van der Waals surface area contributed by atoms with E-state index in [2.05, 4.69) is 0 Å². The largest absolute Gasteiger partial charge is 0.508 e. The SMILES string of the molecule is CC(=O)OCc1cc(C)c(Cc2ccc(OC3CC3)cc2)c(O)c1. The molecule has 0 heterocycles. The molecule has 1 aliphatic carbocycles. The van der Waals surface area contributed by atoms with Gasteiger partial charge < -0.3 is 14.6 Å². The van der Waals surface area contributed by atoms with Gasteiger partial charge in [-0.1, -0.05) is 18.2 Å². The van der Waals surface area contributed by atoms with Crippen LogP contribution in [0.4, 0.5) is 0 Å². The first-order valence-electron chi connectivity index (χ1n) is 8.21. The Balaban J connectivity index is 1.70. The predicted molar refractivity (Wildman–Crippen MR) is 91.2 cm³/mol. The second-order valence-electron chi connectivity index (χ2n) is 6.33. The summed E-state index contributed by atoms with van der Waals surface area (Å²) in [4.78, 5) is 10.9. The lowest BCUT2D eigenvalue weighted by atomic mass is 9.97. The number of esters is 1. The Morgan fingerprint density at radius 2 is 1.88 bits per heavy atom.